The van der Waals surface area contributed by atoms with Crippen molar-refractivity contribution in [2.24, 2.45) is 0 Å². The molecular formula is C47H43NiO3P2+. The fourth-order valence-corrected chi connectivity index (χ4v) is 10.8. The summed E-state index contributed by atoms with van der Waals surface area (Å²) in [5.74, 6) is -0.490. The van der Waals surface area contributed by atoms with Gasteiger partial charge >= 0.3 is 5.97 Å². The molecule has 7 aromatic rings. The van der Waals surface area contributed by atoms with Gasteiger partial charge in [-0.25, -0.2) is 4.79 Å². The predicted molar refractivity (Wildman–Crippen MR) is 225 cm³/mol. The number of aliphatic hydroxyl groups excluding tert-OH is 1. The number of rotatable bonds is 9. The minimum atomic E-state index is -1.75. The van der Waals surface area contributed by atoms with E-state index in [2.05, 4.69) is 97.1 Å². The molecule has 0 bridgehead atoms. The molecule has 7 aromatic carbocycles. The molecule has 268 valence electrons. The molecule has 0 saturated carbocycles. The van der Waals surface area contributed by atoms with E-state index >= 15 is 0 Å². The van der Waals surface area contributed by atoms with Crippen molar-refractivity contribution >= 4 is 54.1 Å². The van der Waals surface area contributed by atoms with E-state index in [1.165, 1.54) is 15.9 Å². The van der Waals surface area contributed by atoms with E-state index in [0.29, 0.717) is 10.9 Å². The first-order valence-electron chi connectivity index (χ1n) is 17.3. The van der Waals surface area contributed by atoms with Gasteiger partial charge < -0.3 is 9.84 Å². The van der Waals surface area contributed by atoms with Crippen LogP contribution in [0.25, 0.3) is 5.76 Å². The standard InChI is InChI=1S/C23H21O3P.C18H15P.C6H5.Ni/c1-2-26-23(25)22(21(24)18-12-6-3-7-13-18)27(19-14-8-4-9-15-19)20-16-10-5-11-17-20;1-4-10-16(11-5-1)19(17-12-6-2-7-13-17)18-14-8-3-9-15-18;1-2-4-6-5-3-1;/h3-17,24H,2H2,1H3;1-15H;1-5H;/q;;-1;/p+2/b22-21-;;;. The molecule has 0 atom stereocenters. The van der Waals surface area contributed by atoms with E-state index in [1.54, 1.807) is 19.1 Å². The van der Waals surface area contributed by atoms with Gasteiger partial charge in [0.25, 0.3) is 0 Å². The third kappa shape index (κ3) is 12.2. The molecule has 1 N–H and O–H groups in total. The third-order valence-corrected chi connectivity index (χ3v) is 13.4. The van der Waals surface area contributed by atoms with Gasteiger partial charge in [-0.2, -0.15) is 36.4 Å². The van der Waals surface area contributed by atoms with Crippen molar-refractivity contribution in [3.05, 3.63) is 229 Å². The van der Waals surface area contributed by atoms with Crippen molar-refractivity contribution in [1.82, 2.24) is 0 Å². The molecule has 0 aliphatic rings. The van der Waals surface area contributed by atoms with Crippen molar-refractivity contribution in [3.8, 4) is 0 Å². The molecule has 0 radical (unpaired) electrons. The van der Waals surface area contributed by atoms with Gasteiger partial charge in [-0.1, -0.05) is 121 Å². The first-order chi connectivity index (χ1) is 25.7. The molecule has 7 rings (SSSR count). The minimum Gasteiger partial charge on any atom is -0.503 e. The summed E-state index contributed by atoms with van der Waals surface area (Å²) in [7, 11) is -2.63. The van der Waals surface area contributed by atoms with Crippen molar-refractivity contribution in [1.29, 1.82) is 0 Å². The maximum atomic E-state index is 12.9. The number of benzene rings is 7. The van der Waals surface area contributed by atoms with Crippen LogP contribution >= 0.6 is 15.8 Å². The Hall–Kier alpha value is -5.10. The quantitative estimate of drug-likeness (QED) is 0.0398. The second kappa shape index (κ2) is 22.8. The van der Waals surface area contributed by atoms with Gasteiger partial charge in [0.05, 0.1) is 14.5 Å². The topological polar surface area (TPSA) is 46.5 Å². The first kappa shape index (κ1) is 40.7. The van der Waals surface area contributed by atoms with Crippen molar-refractivity contribution in [2.45, 2.75) is 6.92 Å². The van der Waals surface area contributed by atoms with E-state index in [1.807, 2.05) is 109 Å². The Morgan fingerprint density at radius 2 is 0.830 bits per heavy atom. The fraction of sp³-hybridized carbons (Fsp3) is 0.0426. The first-order valence-corrected chi connectivity index (χ1v) is 20.3. The number of hydrogen-bond donors (Lipinski definition) is 1. The van der Waals surface area contributed by atoms with Crippen LogP contribution in [0.3, 0.4) is 0 Å². The van der Waals surface area contributed by atoms with E-state index in [-0.39, 0.29) is 28.9 Å². The molecular weight excluding hydrogens is 733 g/mol. The molecule has 0 saturated heterocycles. The van der Waals surface area contributed by atoms with Crippen molar-refractivity contribution in [3.63, 3.8) is 0 Å². The van der Waals surface area contributed by atoms with Crippen LogP contribution in [0.4, 0.5) is 0 Å². The fourth-order valence-electron chi connectivity index (χ4n) is 5.58. The van der Waals surface area contributed by atoms with Crippen molar-refractivity contribution < 1.29 is 31.1 Å². The maximum Gasteiger partial charge on any atom is 0.378 e. The van der Waals surface area contributed by atoms with Crippen LogP contribution in [-0.2, 0) is 26.0 Å². The summed E-state index contributed by atoms with van der Waals surface area (Å²) in [5, 5.41) is 17.7. The van der Waals surface area contributed by atoms with Crippen LogP contribution in [0.1, 0.15) is 12.5 Å². The van der Waals surface area contributed by atoms with Gasteiger partial charge in [0, 0.05) is 22.1 Å². The van der Waals surface area contributed by atoms with E-state index in [4.69, 9.17) is 4.74 Å². The summed E-state index contributed by atoms with van der Waals surface area (Å²) in [6, 6.07) is 73.8. The predicted octanol–water partition coefficient (Wildman–Crippen LogP) is 9.00. The van der Waals surface area contributed by atoms with E-state index in [9.17, 15) is 9.90 Å². The van der Waals surface area contributed by atoms with Gasteiger partial charge in [0.1, 0.15) is 34.4 Å². The molecule has 53 heavy (non-hydrogen) atoms. The van der Waals surface area contributed by atoms with E-state index < -0.39 is 21.8 Å². The molecule has 0 aromatic heterocycles. The molecule has 0 aliphatic heterocycles. The van der Waals surface area contributed by atoms with Crippen LogP contribution in [0.5, 0.6) is 0 Å². The minimum absolute atomic E-state index is 0. The summed E-state index contributed by atoms with van der Waals surface area (Å²) in [5.41, 5.74) is 0.606. The number of ether oxygens (including phenoxy) is 1. The monoisotopic (exact) mass is 775 g/mol. The zero-order valence-corrected chi connectivity index (χ0v) is 32.5. The Balaban J connectivity index is 0.000000208. The van der Waals surface area contributed by atoms with E-state index in [0.717, 1.165) is 10.6 Å². The third-order valence-electron chi connectivity index (χ3n) is 7.93. The van der Waals surface area contributed by atoms with Crippen LogP contribution in [0.2, 0.25) is 0 Å². The normalized spacial score (nSPS) is 10.7. The molecule has 3 nitrogen and oxygen atoms in total. The number of aliphatic hydroxyl groups is 1. The molecule has 0 aliphatic carbocycles. The summed E-state index contributed by atoms with van der Waals surface area (Å²) in [6.45, 7) is 2.02. The van der Waals surface area contributed by atoms with Gasteiger partial charge in [0.15, 0.2) is 5.76 Å². The number of esters is 1. The number of carbonyl (C=O) groups excluding carboxylic acids is 1. The molecule has 6 heteroatoms. The Bertz CT molecular complexity index is 1890. The van der Waals surface area contributed by atoms with Crippen molar-refractivity contribution in [2.75, 3.05) is 6.61 Å². The summed E-state index contributed by atoms with van der Waals surface area (Å²) >= 11 is 0. The van der Waals surface area contributed by atoms with Gasteiger partial charge in [-0.3, -0.25) is 0 Å². The molecule has 0 fully saturated rings. The zero-order chi connectivity index (χ0) is 36.2. The van der Waals surface area contributed by atoms with Gasteiger partial charge in [-0.05, 0) is 67.6 Å². The zero-order valence-electron chi connectivity index (χ0n) is 29.5. The van der Waals surface area contributed by atoms with Crippen LogP contribution in [0.15, 0.2) is 218 Å². The van der Waals surface area contributed by atoms with Gasteiger partial charge in [0.2, 0.25) is 5.31 Å². The summed E-state index contributed by atoms with van der Waals surface area (Å²) in [6.07, 6.45) is 0. The average molecular weight is 776 g/mol. The second-order valence-electron chi connectivity index (χ2n) is 11.5. The molecule has 0 heterocycles. The Labute approximate surface area is 326 Å². The maximum absolute atomic E-state index is 12.9. The molecule has 0 unspecified atom stereocenters. The van der Waals surface area contributed by atoms with Crippen LogP contribution in [-0.4, -0.2) is 17.7 Å². The average Bonchev–Trinajstić information content (AvgIpc) is 3.23. The Morgan fingerprint density at radius 1 is 0.509 bits per heavy atom. The Kier molecular flexibility index (Phi) is 17.5. The van der Waals surface area contributed by atoms with Gasteiger partial charge in [-0.15, -0.1) is 0 Å². The van der Waals surface area contributed by atoms with Crippen LogP contribution in [0, 0.1) is 6.07 Å². The summed E-state index contributed by atoms with van der Waals surface area (Å²) < 4.78 is 5.34. The van der Waals surface area contributed by atoms with Crippen LogP contribution < -0.4 is 26.5 Å². The number of carbonyl (C=O) groups is 1. The Morgan fingerprint density at radius 3 is 1.13 bits per heavy atom. The number of hydrogen-bond acceptors (Lipinski definition) is 3. The second-order valence-corrected chi connectivity index (χ2v) is 16.4. The molecule has 0 amide bonds. The summed E-state index contributed by atoms with van der Waals surface area (Å²) in [4.78, 5) is 12.9. The SMILES string of the molecule is CCOC(=O)/C(=C(/O)c1ccccc1)[PH+](c1ccccc1)c1ccccc1.[Ni].[c-]1ccccc1.c1ccc([PH+](c2ccccc2)c2ccccc2)cc1. The smallest absolute Gasteiger partial charge is 0.378 e. The largest absolute Gasteiger partial charge is 0.503 e. The molecule has 0 spiro atoms.